The summed E-state index contributed by atoms with van der Waals surface area (Å²) in [4.78, 5) is 0. The van der Waals surface area contributed by atoms with E-state index in [1.54, 1.807) is 0 Å². The highest BCUT2D eigenvalue weighted by atomic mass is 14.9. The van der Waals surface area contributed by atoms with Crippen LogP contribution in [-0.2, 0) is 0 Å². The minimum absolute atomic E-state index is 0.263. The number of rotatable bonds is 3. The molecule has 0 bridgehead atoms. The van der Waals surface area contributed by atoms with Crippen LogP contribution in [0.1, 0.15) is 29.7 Å². The number of aryl methyl sites for hydroxylation is 1. The van der Waals surface area contributed by atoms with Crippen LogP contribution in [-0.4, -0.2) is 0 Å². The number of nitrogens with one attached hydrogen (secondary N) is 1. The summed E-state index contributed by atoms with van der Waals surface area (Å²) < 4.78 is 0. The van der Waals surface area contributed by atoms with E-state index in [1.165, 1.54) is 11.1 Å². The van der Waals surface area contributed by atoms with Crippen molar-refractivity contribution in [2.24, 2.45) is 0 Å². The molecule has 0 spiro atoms. The normalized spacial score (nSPS) is 11.6. The van der Waals surface area contributed by atoms with Crippen molar-refractivity contribution in [3.05, 3.63) is 65.2 Å². The van der Waals surface area contributed by atoms with E-state index in [-0.39, 0.29) is 6.04 Å². The van der Waals surface area contributed by atoms with E-state index in [9.17, 15) is 0 Å². The smallest absolute Gasteiger partial charge is 0.0485 e. The minimum Gasteiger partial charge on any atom is -0.378 e. The third kappa shape index (κ3) is 2.93. The number of anilines is 1. The largest absolute Gasteiger partial charge is 0.378 e. The molecule has 2 aromatic rings. The first-order valence-corrected chi connectivity index (χ1v) is 6.09. The predicted molar refractivity (Wildman–Crippen MR) is 77.6 cm³/mol. The molecule has 90 valence electrons. The van der Waals surface area contributed by atoms with Crippen LogP contribution in [0.15, 0.2) is 48.5 Å². The zero-order chi connectivity index (χ0) is 13.0. The summed E-state index contributed by atoms with van der Waals surface area (Å²) in [5.41, 5.74) is 4.50. The molecule has 2 rings (SSSR count). The second kappa shape index (κ2) is 5.42. The van der Waals surface area contributed by atoms with Gasteiger partial charge in [-0.05, 0) is 37.6 Å². The van der Waals surface area contributed by atoms with Crippen LogP contribution in [0.3, 0.4) is 0 Å². The van der Waals surface area contributed by atoms with E-state index in [2.05, 4.69) is 49.4 Å². The van der Waals surface area contributed by atoms with Crippen molar-refractivity contribution in [2.75, 3.05) is 5.32 Å². The molecule has 1 unspecified atom stereocenters. The van der Waals surface area contributed by atoms with Crippen molar-refractivity contribution in [3.63, 3.8) is 0 Å². The summed E-state index contributed by atoms with van der Waals surface area (Å²) in [6.07, 6.45) is 5.40. The predicted octanol–water partition coefficient (Wildman–Crippen LogP) is 4.15. The van der Waals surface area contributed by atoms with Crippen LogP contribution in [0.4, 0.5) is 5.69 Å². The van der Waals surface area contributed by atoms with E-state index < -0.39 is 0 Å². The van der Waals surface area contributed by atoms with E-state index in [1.807, 2.05) is 24.3 Å². The topological polar surface area (TPSA) is 12.0 Å². The van der Waals surface area contributed by atoms with Crippen LogP contribution in [0.2, 0.25) is 0 Å². The Bertz CT molecular complexity index is 561. The third-order valence-electron chi connectivity index (χ3n) is 2.99. The van der Waals surface area contributed by atoms with Gasteiger partial charge in [-0.2, -0.15) is 0 Å². The SMILES string of the molecule is C#Cc1cccc(NC(C)c2ccc(C)cc2)c1. The fraction of sp³-hybridized carbons (Fsp3) is 0.176. The van der Waals surface area contributed by atoms with Gasteiger partial charge in [-0.3, -0.25) is 0 Å². The van der Waals surface area contributed by atoms with Gasteiger partial charge < -0.3 is 5.32 Å². The highest BCUT2D eigenvalue weighted by molar-refractivity contribution is 5.51. The molecule has 0 amide bonds. The highest BCUT2D eigenvalue weighted by Gasteiger charge is 2.04. The summed E-state index contributed by atoms with van der Waals surface area (Å²) in [6.45, 7) is 4.24. The summed E-state index contributed by atoms with van der Waals surface area (Å²) >= 11 is 0. The molecule has 1 atom stereocenters. The summed E-state index contributed by atoms with van der Waals surface area (Å²) in [5.74, 6) is 2.65. The van der Waals surface area contributed by atoms with Gasteiger partial charge in [0.25, 0.3) is 0 Å². The first-order valence-electron chi connectivity index (χ1n) is 6.09. The maximum Gasteiger partial charge on any atom is 0.0485 e. The fourth-order valence-corrected chi connectivity index (χ4v) is 1.89. The molecule has 0 heterocycles. The lowest BCUT2D eigenvalue weighted by atomic mass is 10.1. The van der Waals surface area contributed by atoms with Crippen molar-refractivity contribution < 1.29 is 0 Å². The lowest BCUT2D eigenvalue weighted by Crippen LogP contribution is -2.06. The van der Waals surface area contributed by atoms with Crippen LogP contribution < -0.4 is 5.32 Å². The van der Waals surface area contributed by atoms with Gasteiger partial charge in [0.2, 0.25) is 0 Å². The Kier molecular flexibility index (Phi) is 3.69. The quantitative estimate of drug-likeness (QED) is 0.788. The molecule has 1 nitrogen and oxygen atoms in total. The van der Waals surface area contributed by atoms with Gasteiger partial charge in [-0.1, -0.05) is 41.8 Å². The number of terminal acetylenes is 1. The van der Waals surface area contributed by atoms with Crippen LogP contribution in [0.25, 0.3) is 0 Å². The van der Waals surface area contributed by atoms with Crippen molar-refractivity contribution in [2.45, 2.75) is 19.9 Å². The Morgan fingerprint density at radius 3 is 2.50 bits per heavy atom. The number of benzene rings is 2. The Balaban J connectivity index is 2.13. The Labute approximate surface area is 109 Å². The molecule has 0 fully saturated rings. The molecule has 1 N–H and O–H groups in total. The molecule has 0 saturated heterocycles. The van der Waals surface area contributed by atoms with Gasteiger partial charge in [0.05, 0.1) is 0 Å². The lowest BCUT2D eigenvalue weighted by molar-refractivity contribution is 0.884. The van der Waals surface area contributed by atoms with Crippen LogP contribution in [0, 0.1) is 19.3 Å². The molecule has 0 aliphatic heterocycles. The fourth-order valence-electron chi connectivity index (χ4n) is 1.89. The zero-order valence-electron chi connectivity index (χ0n) is 10.8. The molecule has 1 heteroatoms. The van der Waals surface area contributed by atoms with Crippen molar-refractivity contribution in [1.29, 1.82) is 0 Å². The first-order chi connectivity index (χ1) is 8.69. The molecule has 0 aromatic heterocycles. The van der Waals surface area contributed by atoms with E-state index in [0.717, 1.165) is 11.3 Å². The highest BCUT2D eigenvalue weighted by Crippen LogP contribution is 2.20. The van der Waals surface area contributed by atoms with Gasteiger partial charge in [-0.25, -0.2) is 0 Å². The zero-order valence-corrected chi connectivity index (χ0v) is 10.8. The van der Waals surface area contributed by atoms with Gasteiger partial charge in [0, 0.05) is 17.3 Å². The molecular formula is C17H17N. The molecule has 0 radical (unpaired) electrons. The Hall–Kier alpha value is -2.20. The van der Waals surface area contributed by atoms with E-state index in [4.69, 9.17) is 6.42 Å². The summed E-state index contributed by atoms with van der Waals surface area (Å²) in [5, 5.41) is 3.46. The number of hydrogen-bond donors (Lipinski definition) is 1. The van der Waals surface area contributed by atoms with Gasteiger partial charge in [-0.15, -0.1) is 6.42 Å². The Morgan fingerprint density at radius 1 is 1.11 bits per heavy atom. The molecule has 18 heavy (non-hydrogen) atoms. The molecule has 0 aliphatic carbocycles. The first kappa shape index (κ1) is 12.3. The maximum absolute atomic E-state index is 5.40. The van der Waals surface area contributed by atoms with Crippen LogP contribution in [0.5, 0.6) is 0 Å². The maximum atomic E-state index is 5.40. The summed E-state index contributed by atoms with van der Waals surface area (Å²) in [6, 6.07) is 16.8. The van der Waals surface area contributed by atoms with Crippen LogP contribution >= 0.6 is 0 Å². The van der Waals surface area contributed by atoms with Crippen molar-refractivity contribution >= 4 is 5.69 Å². The minimum atomic E-state index is 0.263. The number of hydrogen-bond acceptors (Lipinski definition) is 1. The van der Waals surface area contributed by atoms with Gasteiger partial charge in [0.15, 0.2) is 0 Å². The second-order valence-electron chi connectivity index (χ2n) is 4.50. The summed E-state index contributed by atoms with van der Waals surface area (Å²) in [7, 11) is 0. The van der Waals surface area contributed by atoms with Crippen molar-refractivity contribution in [1.82, 2.24) is 0 Å². The second-order valence-corrected chi connectivity index (χ2v) is 4.50. The molecule has 0 aliphatic rings. The monoisotopic (exact) mass is 235 g/mol. The Morgan fingerprint density at radius 2 is 1.83 bits per heavy atom. The molecule has 2 aromatic carbocycles. The van der Waals surface area contributed by atoms with E-state index in [0.29, 0.717) is 0 Å². The van der Waals surface area contributed by atoms with E-state index >= 15 is 0 Å². The molecular weight excluding hydrogens is 218 g/mol. The van der Waals surface area contributed by atoms with Gasteiger partial charge >= 0.3 is 0 Å². The lowest BCUT2D eigenvalue weighted by Gasteiger charge is -2.16. The van der Waals surface area contributed by atoms with Gasteiger partial charge in [0.1, 0.15) is 0 Å². The average Bonchev–Trinajstić information content (AvgIpc) is 2.39. The van der Waals surface area contributed by atoms with Crippen molar-refractivity contribution in [3.8, 4) is 12.3 Å². The average molecular weight is 235 g/mol. The molecule has 0 saturated carbocycles. The standard InChI is InChI=1S/C17H17N/c1-4-15-6-5-7-17(12-15)18-14(3)16-10-8-13(2)9-11-16/h1,5-12,14,18H,2-3H3. The third-order valence-corrected chi connectivity index (χ3v) is 2.99.